The number of aromatic nitrogens is 1. The number of ether oxygens (including phenoxy) is 1. The van der Waals surface area contributed by atoms with Crippen LogP contribution < -0.4 is 10.5 Å². The Morgan fingerprint density at radius 3 is 2.62 bits per heavy atom. The molecule has 0 atom stereocenters. The predicted molar refractivity (Wildman–Crippen MR) is 63.8 cm³/mol. The first-order valence-corrected chi connectivity index (χ1v) is 4.98. The van der Waals surface area contributed by atoms with Crippen molar-refractivity contribution in [3.63, 3.8) is 0 Å². The van der Waals surface area contributed by atoms with Gasteiger partial charge in [-0.25, -0.2) is 0 Å². The zero-order valence-corrected chi connectivity index (χ0v) is 9.53. The molecule has 1 aromatic heterocycles. The van der Waals surface area contributed by atoms with Gasteiger partial charge < -0.3 is 15.6 Å². The van der Waals surface area contributed by atoms with Gasteiger partial charge in [-0.05, 0) is 25.5 Å². The number of anilines is 1. The van der Waals surface area contributed by atoms with Crippen LogP contribution in [-0.4, -0.2) is 17.2 Å². The third-order valence-corrected chi connectivity index (χ3v) is 2.59. The van der Waals surface area contributed by atoms with Gasteiger partial charge in [-0.15, -0.1) is 0 Å². The number of benzene rings is 1. The fraction of sp³-hybridized carbons (Fsp3) is 0.250. The van der Waals surface area contributed by atoms with Gasteiger partial charge in [-0.2, -0.15) is 0 Å². The minimum absolute atomic E-state index is 0.0942. The SMILES string of the molecule is COc1cc(N)c2nc(C)cc(C)c2c1O. The molecule has 3 N–H and O–H groups in total. The molecule has 0 amide bonds. The van der Waals surface area contributed by atoms with Gasteiger partial charge in [0.15, 0.2) is 11.5 Å². The minimum atomic E-state index is 0.0942. The summed E-state index contributed by atoms with van der Waals surface area (Å²) >= 11 is 0. The van der Waals surface area contributed by atoms with E-state index in [1.165, 1.54) is 7.11 Å². The number of fused-ring (bicyclic) bond motifs is 1. The largest absolute Gasteiger partial charge is 0.504 e. The molecule has 4 nitrogen and oxygen atoms in total. The van der Waals surface area contributed by atoms with E-state index in [1.807, 2.05) is 19.9 Å². The Hall–Kier alpha value is -1.97. The highest BCUT2D eigenvalue weighted by Crippen LogP contribution is 2.39. The Morgan fingerprint density at radius 2 is 2.00 bits per heavy atom. The van der Waals surface area contributed by atoms with Crippen LogP contribution in [0.3, 0.4) is 0 Å². The van der Waals surface area contributed by atoms with E-state index in [2.05, 4.69) is 4.98 Å². The molecule has 16 heavy (non-hydrogen) atoms. The number of phenolic OH excluding ortho intramolecular Hbond substituents is 1. The molecular formula is C12H14N2O2. The molecule has 0 spiro atoms. The monoisotopic (exact) mass is 218 g/mol. The second-order valence-corrected chi connectivity index (χ2v) is 3.82. The van der Waals surface area contributed by atoms with E-state index in [0.717, 1.165) is 11.3 Å². The number of rotatable bonds is 1. The van der Waals surface area contributed by atoms with Gasteiger partial charge >= 0.3 is 0 Å². The normalized spacial score (nSPS) is 10.7. The van der Waals surface area contributed by atoms with Crippen molar-refractivity contribution in [1.82, 2.24) is 4.98 Å². The van der Waals surface area contributed by atoms with E-state index >= 15 is 0 Å². The van der Waals surface area contributed by atoms with Crippen molar-refractivity contribution < 1.29 is 9.84 Å². The lowest BCUT2D eigenvalue weighted by molar-refractivity contribution is 0.376. The van der Waals surface area contributed by atoms with Gasteiger partial charge in [0.05, 0.1) is 23.7 Å². The zero-order valence-electron chi connectivity index (χ0n) is 9.53. The van der Waals surface area contributed by atoms with E-state index < -0.39 is 0 Å². The Balaban J connectivity index is 2.96. The quantitative estimate of drug-likeness (QED) is 0.568. The molecule has 0 bridgehead atoms. The molecule has 0 saturated carbocycles. The summed E-state index contributed by atoms with van der Waals surface area (Å²) in [5.41, 5.74) is 8.83. The maximum atomic E-state index is 10.0. The molecule has 0 aliphatic rings. The number of hydrogen-bond acceptors (Lipinski definition) is 4. The number of hydrogen-bond donors (Lipinski definition) is 2. The lowest BCUT2D eigenvalue weighted by atomic mass is 10.1. The molecular weight excluding hydrogens is 204 g/mol. The summed E-state index contributed by atoms with van der Waals surface area (Å²) in [4.78, 5) is 4.33. The van der Waals surface area contributed by atoms with Crippen LogP contribution in [0.1, 0.15) is 11.3 Å². The summed E-state index contributed by atoms with van der Waals surface area (Å²) in [6.45, 7) is 3.81. The third kappa shape index (κ3) is 1.43. The van der Waals surface area contributed by atoms with Crippen LogP contribution in [0, 0.1) is 13.8 Å². The smallest absolute Gasteiger partial charge is 0.167 e. The minimum Gasteiger partial charge on any atom is -0.504 e. The molecule has 0 aliphatic carbocycles. The summed E-state index contributed by atoms with van der Waals surface area (Å²) in [6, 6.07) is 3.49. The number of methoxy groups -OCH3 is 1. The Kier molecular flexibility index (Phi) is 2.34. The molecule has 0 aliphatic heterocycles. The van der Waals surface area contributed by atoms with Crippen molar-refractivity contribution in [2.75, 3.05) is 12.8 Å². The van der Waals surface area contributed by atoms with Crippen molar-refractivity contribution in [2.24, 2.45) is 0 Å². The molecule has 4 heteroatoms. The molecule has 0 fully saturated rings. The van der Waals surface area contributed by atoms with Crippen LogP contribution in [0.25, 0.3) is 10.9 Å². The van der Waals surface area contributed by atoms with E-state index in [9.17, 15) is 5.11 Å². The number of nitrogen functional groups attached to an aromatic ring is 1. The van der Waals surface area contributed by atoms with Crippen molar-refractivity contribution in [3.05, 3.63) is 23.4 Å². The standard InChI is InChI=1S/C12H14N2O2/c1-6-4-7(2)14-11-8(13)5-9(16-3)12(15)10(6)11/h4-5,15H,13H2,1-3H3. The lowest BCUT2D eigenvalue weighted by Gasteiger charge is -2.11. The third-order valence-electron chi connectivity index (χ3n) is 2.59. The fourth-order valence-electron chi connectivity index (χ4n) is 1.90. The second kappa shape index (κ2) is 3.56. The first-order chi connectivity index (χ1) is 7.54. The van der Waals surface area contributed by atoms with Crippen LogP contribution >= 0.6 is 0 Å². The van der Waals surface area contributed by atoms with Gasteiger partial charge in [0, 0.05) is 11.8 Å². The van der Waals surface area contributed by atoms with Gasteiger partial charge in [-0.1, -0.05) is 0 Å². The summed E-state index contributed by atoms with van der Waals surface area (Å²) in [5, 5.41) is 10.7. The van der Waals surface area contributed by atoms with Crippen LogP contribution in [0.15, 0.2) is 12.1 Å². The number of pyridine rings is 1. The van der Waals surface area contributed by atoms with Gasteiger partial charge in [0.1, 0.15) is 0 Å². The maximum Gasteiger partial charge on any atom is 0.167 e. The van der Waals surface area contributed by atoms with E-state index in [1.54, 1.807) is 6.07 Å². The maximum absolute atomic E-state index is 10.0. The lowest BCUT2D eigenvalue weighted by Crippen LogP contribution is -1.96. The van der Waals surface area contributed by atoms with Crippen molar-refractivity contribution in [2.45, 2.75) is 13.8 Å². The van der Waals surface area contributed by atoms with Crippen molar-refractivity contribution in [1.29, 1.82) is 0 Å². The van der Waals surface area contributed by atoms with Gasteiger partial charge in [-0.3, -0.25) is 4.98 Å². The van der Waals surface area contributed by atoms with E-state index in [-0.39, 0.29) is 5.75 Å². The molecule has 0 unspecified atom stereocenters. The van der Waals surface area contributed by atoms with Crippen LogP contribution in [0.4, 0.5) is 5.69 Å². The summed E-state index contributed by atoms with van der Waals surface area (Å²) in [5.74, 6) is 0.468. The number of nitrogens with two attached hydrogens (primary N) is 1. The molecule has 2 rings (SSSR count). The van der Waals surface area contributed by atoms with E-state index in [4.69, 9.17) is 10.5 Å². The topological polar surface area (TPSA) is 68.4 Å². The zero-order chi connectivity index (χ0) is 11.9. The molecule has 1 heterocycles. The molecule has 0 radical (unpaired) electrons. The first-order valence-electron chi connectivity index (χ1n) is 4.98. The predicted octanol–water partition coefficient (Wildman–Crippen LogP) is 2.15. The average molecular weight is 218 g/mol. The van der Waals surface area contributed by atoms with Gasteiger partial charge in [0.25, 0.3) is 0 Å². The average Bonchev–Trinajstić information content (AvgIpc) is 2.22. The Morgan fingerprint density at radius 1 is 1.31 bits per heavy atom. The van der Waals surface area contributed by atoms with Crippen molar-refractivity contribution in [3.8, 4) is 11.5 Å². The molecule has 2 aromatic rings. The highest BCUT2D eigenvalue weighted by atomic mass is 16.5. The highest BCUT2D eigenvalue weighted by Gasteiger charge is 2.13. The van der Waals surface area contributed by atoms with Gasteiger partial charge in [0.2, 0.25) is 0 Å². The van der Waals surface area contributed by atoms with Crippen LogP contribution in [0.2, 0.25) is 0 Å². The highest BCUT2D eigenvalue weighted by molar-refractivity contribution is 5.98. The Labute approximate surface area is 93.7 Å². The summed E-state index contributed by atoms with van der Waals surface area (Å²) in [7, 11) is 1.50. The molecule has 0 saturated heterocycles. The van der Waals surface area contributed by atoms with Crippen molar-refractivity contribution >= 4 is 16.6 Å². The fourth-order valence-corrected chi connectivity index (χ4v) is 1.90. The molecule has 1 aromatic carbocycles. The number of aryl methyl sites for hydroxylation is 2. The second-order valence-electron chi connectivity index (χ2n) is 3.82. The van der Waals surface area contributed by atoms with Crippen LogP contribution in [0.5, 0.6) is 11.5 Å². The summed E-state index contributed by atoms with van der Waals surface area (Å²) in [6.07, 6.45) is 0. The number of aromatic hydroxyl groups is 1. The van der Waals surface area contributed by atoms with E-state index in [0.29, 0.717) is 22.3 Å². The molecule has 84 valence electrons. The number of nitrogens with zero attached hydrogens (tertiary/aromatic N) is 1. The first kappa shape index (κ1) is 10.5. The number of phenols is 1. The summed E-state index contributed by atoms with van der Waals surface area (Å²) < 4.78 is 5.06. The van der Waals surface area contributed by atoms with Crippen LogP contribution in [-0.2, 0) is 0 Å². The Bertz CT molecular complexity index is 565.